The lowest BCUT2D eigenvalue weighted by molar-refractivity contribution is 0.0600. The Bertz CT molecular complexity index is 701. The summed E-state index contributed by atoms with van der Waals surface area (Å²) in [5.74, 6) is 1.22. The third-order valence-electron chi connectivity index (χ3n) is 5.99. The second kappa shape index (κ2) is 7.27. The highest BCUT2D eigenvalue weighted by molar-refractivity contribution is 5.99. The molecule has 0 aromatic heterocycles. The Morgan fingerprint density at radius 1 is 1.15 bits per heavy atom. The Balaban J connectivity index is 1.56. The highest BCUT2D eigenvalue weighted by Gasteiger charge is 2.40. The van der Waals surface area contributed by atoms with Gasteiger partial charge in [-0.15, -0.1) is 0 Å². The topological polar surface area (TPSA) is 67.9 Å². The van der Waals surface area contributed by atoms with Crippen LogP contribution < -0.4 is 10.1 Å². The number of fused-ring (bicyclic) bond motifs is 1. The van der Waals surface area contributed by atoms with E-state index in [0.717, 1.165) is 26.1 Å². The Morgan fingerprint density at radius 2 is 1.96 bits per heavy atom. The average molecular weight is 358 g/mol. The van der Waals surface area contributed by atoms with E-state index in [1.807, 2.05) is 4.90 Å². The van der Waals surface area contributed by atoms with Gasteiger partial charge in [-0.2, -0.15) is 0 Å². The lowest BCUT2D eigenvalue weighted by Crippen LogP contribution is -2.39. The Kier molecular flexibility index (Phi) is 4.85. The Labute approximate surface area is 153 Å². The van der Waals surface area contributed by atoms with Crippen LogP contribution in [0.3, 0.4) is 0 Å². The molecular formula is C20H26N2O4. The van der Waals surface area contributed by atoms with Crippen LogP contribution in [0.15, 0.2) is 18.2 Å². The summed E-state index contributed by atoms with van der Waals surface area (Å²) < 4.78 is 10.7. The largest absolute Gasteiger partial charge is 0.493 e. The second-order valence-corrected chi connectivity index (χ2v) is 7.62. The van der Waals surface area contributed by atoms with Crippen molar-refractivity contribution in [2.75, 3.05) is 33.4 Å². The molecule has 1 N–H and O–H groups in total. The number of likely N-dealkylation sites (tertiary alicyclic amines) is 1. The summed E-state index contributed by atoms with van der Waals surface area (Å²) in [7, 11) is 1.35. The van der Waals surface area contributed by atoms with Crippen molar-refractivity contribution in [3.8, 4) is 5.75 Å². The van der Waals surface area contributed by atoms with Crippen LogP contribution in [0.1, 0.15) is 46.4 Å². The zero-order valence-electron chi connectivity index (χ0n) is 15.2. The van der Waals surface area contributed by atoms with E-state index in [-0.39, 0.29) is 11.9 Å². The molecule has 26 heavy (non-hydrogen) atoms. The minimum Gasteiger partial charge on any atom is -0.493 e. The average Bonchev–Trinajstić information content (AvgIpc) is 3.22. The van der Waals surface area contributed by atoms with E-state index in [2.05, 4.69) is 5.32 Å². The van der Waals surface area contributed by atoms with Gasteiger partial charge in [0.2, 0.25) is 0 Å². The summed E-state index contributed by atoms with van der Waals surface area (Å²) in [6, 6.07) is 5.32. The van der Waals surface area contributed by atoms with Gasteiger partial charge in [-0.3, -0.25) is 4.79 Å². The summed E-state index contributed by atoms with van der Waals surface area (Å²) in [4.78, 5) is 27.1. The van der Waals surface area contributed by atoms with Gasteiger partial charge in [0.25, 0.3) is 5.91 Å². The number of nitrogens with zero attached hydrogens (tertiary/aromatic N) is 1. The lowest BCUT2D eigenvalue weighted by Gasteiger charge is -2.26. The number of methoxy groups -OCH3 is 1. The Morgan fingerprint density at radius 3 is 2.69 bits per heavy atom. The molecule has 1 aromatic carbocycles. The van der Waals surface area contributed by atoms with Gasteiger partial charge in [-0.25, -0.2) is 4.79 Å². The SMILES string of the molecule is COC(=O)c1cc(OCC2CCC2)cc(C(=O)N2CC[C@H]3CNC[C@H]32)c1. The molecule has 6 heteroatoms. The van der Waals surface area contributed by atoms with Gasteiger partial charge in [0.15, 0.2) is 0 Å². The second-order valence-electron chi connectivity index (χ2n) is 7.62. The molecule has 0 radical (unpaired) electrons. The van der Waals surface area contributed by atoms with E-state index in [1.54, 1.807) is 18.2 Å². The van der Waals surface area contributed by atoms with Crippen molar-refractivity contribution >= 4 is 11.9 Å². The number of esters is 1. The molecule has 2 heterocycles. The lowest BCUT2D eigenvalue weighted by atomic mass is 9.86. The van der Waals surface area contributed by atoms with Crippen LogP contribution in [-0.4, -0.2) is 56.2 Å². The molecule has 0 spiro atoms. The summed E-state index contributed by atoms with van der Waals surface area (Å²) in [5.41, 5.74) is 0.867. The highest BCUT2D eigenvalue weighted by Crippen LogP contribution is 2.31. The van der Waals surface area contributed by atoms with Crippen LogP contribution in [0, 0.1) is 11.8 Å². The first kappa shape index (κ1) is 17.3. The first-order valence-electron chi connectivity index (χ1n) is 9.53. The molecule has 1 amide bonds. The Hall–Kier alpha value is -2.08. The minimum absolute atomic E-state index is 0.0274. The van der Waals surface area contributed by atoms with Gasteiger partial charge >= 0.3 is 5.97 Å². The maximum absolute atomic E-state index is 13.1. The molecule has 2 saturated heterocycles. The first-order chi connectivity index (χ1) is 12.7. The van der Waals surface area contributed by atoms with Crippen LogP contribution in [0.5, 0.6) is 5.75 Å². The molecule has 1 aliphatic carbocycles. The molecule has 6 nitrogen and oxygen atoms in total. The molecular weight excluding hydrogens is 332 g/mol. The van der Waals surface area contributed by atoms with Gasteiger partial charge in [0, 0.05) is 31.2 Å². The van der Waals surface area contributed by atoms with Crippen LogP contribution in [-0.2, 0) is 4.74 Å². The van der Waals surface area contributed by atoms with Crippen LogP contribution in [0.2, 0.25) is 0 Å². The monoisotopic (exact) mass is 358 g/mol. The molecule has 2 atom stereocenters. The molecule has 1 saturated carbocycles. The molecule has 4 rings (SSSR count). The number of hydrogen-bond donors (Lipinski definition) is 1. The highest BCUT2D eigenvalue weighted by atomic mass is 16.5. The molecule has 2 aliphatic heterocycles. The van der Waals surface area contributed by atoms with Crippen molar-refractivity contribution in [2.45, 2.75) is 31.7 Å². The smallest absolute Gasteiger partial charge is 0.338 e. The maximum atomic E-state index is 13.1. The van der Waals surface area contributed by atoms with E-state index in [9.17, 15) is 9.59 Å². The van der Waals surface area contributed by atoms with E-state index in [0.29, 0.717) is 35.3 Å². The number of amides is 1. The van der Waals surface area contributed by atoms with Crippen LogP contribution in [0.4, 0.5) is 0 Å². The number of carbonyl (C=O) groups is 2. The maximum Gasteiger partial charge on any atom is 0.338 e. The summed E-state index contributed by atoms with van der Waals surface area (Å²) >= 11 is 0. The predicted molar refractivity (Wildman–Crippen MR) is 96.4 cm³/mol. The van der Waals surface area contributed by atoms with Crippen molar-refractivity contribution in [3.63, 3.8) is 0 Å². The quantitative estimate of drug-likeness (QED) is 0.817. The molecule has 3 aliphatic rings. The standard InChI is InChI=1S/C20H26N2O4/c1-25-20(24)16-7-15(8-17(9-16)26-12-13-3-2-4-13)19(23)22-6-5-14-10-21-11-18(14)22/h7-9,13-14,18,21H,2-6,10-12H2,1H3/t14-,18+/m0/s1. The van der Waals surface area contributed by atoms with E-state index >= 15 is 0 Å². The van der Waals surface area contributed by atoms with E-state index in [1.165, 1.54) is 26.4 Å². The molecule has 3 fully saturated rings. The number of ether oxygens (including phenoxy) is 2. The van der Waals surface area contributed by atoms with Crippen LogP contribution >= 0.6 is 0 Å². The molecule has 1 aromatic rings. The van der Waals surface area contributed by atoms with Crippen LogP contribution in [0.25, 0.3) is 0 Å². The van der Waals surface area contributed by atoms with Gasteiger partial charge in [0.05, 0.1) is 19.3 Å². The summed E-state index contributed by atoms with van der Waals surface area (Å²) in [6.45, 7) is 3.23. The number of rotatable bonds is 5. The minimum atomic E-state index is -0.449. The van der Waals surface area contributed by atoms with E-state index < -0.39 is 5.97 Å². The van der Waals surface area contributed by atoms with Crippen molar-refractivity contribution in [1.29, 1.82) is 0 Å². The third-order valence-corrected chi connectivity index (χ3v) is 5.99. The third kappa shape index (κ3) is 3.30. The predicted octanol–water partition coefficient (Wildman–Crippen LogP) is 2.09. The molecule has 0 unspecified atom stereocenters. The van der Waals surface area contributed by atoms with Gasteiger partial charge in [-0.05, 0) is 49.3 Å². The van der Waals surface area contributed by atoms with Gasteiger partial charge in [0.1, 0.15) is 5.75 Å². The zero-order valence-corrected chi connectivity index (χ0v) is 15.2. The van der Waals surface area contributed by atoms with E-state index in [4.69, 9.17) is 9.47 Å². The van der Waals surface area contributed by atoms with Gasteiger partial charge in [-0.1, -0.05) is 6.42 Å². The first-order valence-corrected chi connectivity index (χ1v) is 9.53. The molecule has 0 bridgehead atoms. The van der Waals surface area contributed by atoms with Crippen molar-refractivity contribution in [1.82, 2.24) is 10.2 Å². The number of benzene rings is 1. The normalized spacial score (nSPS) is 24.9. The fourth-order valence-corrected chi connectivity index (χ4v) is 4.18. The summed E-state index contributed by atoms with van der Waals surface area (Å²) in [5, 5.41) is 3.36. The summed E-state index contributed by atoms with van der Waals surface area (Å²) in [6.07, 6.45) is 4.66. The number of carbonyl (C=O) groups excluding carboxylic acids is 2. The van der Waals surface area contributed by atoms with Crippen molar-refractivity contribution < 1.29 is 19.1 Å². The van der Waals surface area contributed by atoms with Gasteiger partial charge < -0.3 is 19.7 Å². The fraction of sp³-hybridized carbons (Fsp3) is 0.600. The fourth-order valence-electron chi connectivity index (χ4n) is 4.18. The number of nitrogens with one attached hydrogen (secondary N) is 1. The van der Waals surface area contributed by atoms with Crippen molar-refractivity contribution in [3.05, 3.63) is 29.3 Å². The molecule has 140 valence electrons. The zero-order chi connectivity index (χ0) is 18.1. The van der Waals surface area contributed by atoms with Crippen molar-refractivity contribution in [2.24, 2.45) is 11.8 Å². The number of hydrogen-bond acceptors (Lipinski definition) is 5.